The number of aromatic nitrogens is 3. The number of pyridine rings is 3. The molecule has 1 aliphatic rings. The fourth-order valence-corrected chi connectivity index (χ4v) is 5.55. The number of aliphatic hydroxyl groups is 1. The van der Waals surface area contributed by atoms with Gasteiger partial charge in [0.05, 0.1) is 22.9 Å². The molecule has 1 fully saturated rings. The maximum absolute atomic E-state index is 13.1. The number of alkyl halides is 2. The van der Waals surface area contributed by atoms with E-state index in [9.17, 15) is 28.6 Å². The number of hydrogen-bond acceptors (Lipinski definition) is 10. The lowest BCUT2D eigenvalue weighted by Gasteiger charge is -2.37. The Morgan fingerprint density at radius 1 is 0.978 bits per heavy atom. The van der Waals surface area contributed by atoms with Gasteiger partial charge < -0.3 is 25.0 Å². The van der Waals surface area contributed by atoms with E-state index in [1.807, 2.05) is 19.1 Å². The fraction of sp³-hybridized carbons (Fsp3) is 0.324. The van der Waals surface area contributed by atoms with Crippen molar-refractivity contribution in [1.82, 2.24) is 15.0 Å². The molecule has 4 aromatic rings. The molecule has 46 heavy (non-hydrogen) atoms. The highest BCUT2D eigenvalue weighted by Gasteiger charge is 2.39. The Morgan fingerprint density at radius 3 is 2.39 bits per heavy atom. The lowest BCUT2D eigenvalue weighted by atomic mass is 9.73. The van der Waals surface area contributed by atoms with E-state index in [4.69, 9.17) is 9.47 Å². The Kier molecular flexibility index (Phi) is 9.86. The minimum atomic E-state index is -2.61. The lowest BCUT2D eigenvalue weighted by Crippen LogP contribution is -2.37. The van der Waals surface area contributed by atoms with Crippen LogP contribution in [0.1, 0.15) is 66.2 Å². The molecule has 3 aromatic heterocycles. The summed E-state index contributed by atoms with van der Waals surface area (Å²) in [5.41, 5.74) is 1.53. The Labute approximate surface area is 264 Å². The van der Waals surface area contributed by atoms with E-state index >= 15 is 0 Å². The normalized spacial score (nSPS) is 17.6. The third kappa shape index (κ3) is 7.81. The molecule has 1 atom stereocenters. The molecule has 1 saturated carbocycles. The largest absolute Gasteiger partial charge is 0.508 e. The maximum Gasteiger partial charge on any atom is 0.341 e. The van der Waals surface area contributed by atoms with Gasteiger partial charge in [0.2, 0.25) is 6.79 Å². The number of hydrogen-bond donors (Lipinski definition) is 3. The van der Waals surface area contributed by atoms with Crippen molar-refractivity contribution in [1.29, 1.82) is 0 Å². The van der Waals surface area contributed by atoms with Crippen molar-refractivity contribution < 1.29 is 38.1 Å². The van der Waals surface area contributed by atoms with Crippen molar-refractivity contribution in [3.05, 3.63) is 95.4 Å². The number of ether oxygens (including phenoxy) is 2. The number of rotatable bonds is 10. The van der Waals surface area contributed by atoms with Gasteiger partial charge >= 0.3 is 11.9 Å². The van der Waals surface area contributed by atoms with Crippen LogP contribution in [0, 0.1) is 18.8 Å². The van der Waals surface area contributed by atoms with E-state index in [1.54, 1.807) is 25.3 Å². The second-order valence-electron chi connectivity index (χ2n) is 11.5. The first kappa shape index (κ1) is 32.4. The number of nitrogens with one attached hydrogen (secondary N) is 1. The minimum Gasteiger partial charge on any atom is -0.508 e. The predicted molar refractivity (Wildman–Crippen MR) is 164 cm³/mol. The summed E-state index contributed by atoms with van der Waals surface area (Å²) in [5.74, 6) is -0.942. The molecule has 10 nitrogen and oxygen atoms in total. The van der Waals surface area contributed by atoms with Crippen molar-refractivity contribution in [3.8, 4) is 17.0 Å². The van der Waals surface area contributed by atoms with E-state index in [0.29, 0.717) is 48.5 Å². The van der Waals surface area contributed by atoms with Crippen LogP contribution in [0.4, 0.5) is 20.4 Å². The molecular weight excluding hydrogens is 598 g/mol. The van der Waals surface area contributed by atoms with Crippen LogP contribution in [-0.2, 0) is 19.9 Å². The van der Waals surface area contributed by atoms with Crippen LogP contribution in [-0.4, -0.2) is 43.9 Å². The van der Waals surface area contributed by atoms with Gasteiger partial charge in [-0.1, -0.05) is 0 Å². The third-order valence-electron chi connectivity index (χ3n) is 8.19. The fourth-order valence-electron chi connectivity index (χ4n) is 5.55. The number of carbonyl (C=O) groups is 2. The number of carbonyl (C=O) groups excluding carboxylic acids is 2. The molecule has 1 aromatic carbocycles. The van der Waals surface area contributed by atoms with Crippen molar-refractivity contribution in [2.45, 2.75) is 51.6 Å². The van der Waals surface area contributed by atoms with Crippen LogP contribution >= 0.6 is 0 Å². The Morgan fingerprint density at radius 2 is 1.72 bits per heavy atom. The molecule has 3 N–H and O–H groups in total. The molecule has 5 rings (SSSR count). The monoisotopic (exact) mass is 632 g/mol. The molecule has 0 bridgehead atoms. The minimum absolute atomic E-state index is 0.0198. The Bertz CT molecular complexity index is 1670. The number of halogens is 2. The van der Waals surface area contributed by atoms with Crippen molar-refractivity contribution in [3.63, 3.8) is 0 Å². The standard InChI is InChI=1S/C34H34F2N4O6/c1-20-15-27(39-30(16-20)40-29-17-23(31(35)36)13-14-37-29)24-7-12-28(38-18-24)34(2,44)25-8-3-21(4-9-25)32(42)45-19-46-33(43)22-5-10-26(41)11-6-22/h5-7,10-18,21,25,31,41,44H,3-4,8-9,19H2,1-2H3,(H,37,39,40)/t21?,25?,34-/m1/s1. The summed E-state index contributed by atoms with van der Waals surface area (Å²) in [7, 11) is 0. The van der Waals surface area contributed by atoms with E-state index in [-0.39, 0.29) is 34.5 Å². The molecule has 0 amide bonds. The van der Waals surface area contributed by atoms with Crippen molar-refractivity contribution in [2.24, 2.45) is 11.8 Å². The van der Waals surface area contributed by atoms with Gasteiger partial charge in [0, 0.05) is 23.5 Å². The van der Waals surface area contributed by atoms with E-state index in [2.05, 4.69) is 20.3 Å². The van der Waals surface area contributed by atoms with Crippen molar-refractivity contribution >= 4 is 23.6 Å². The average molecular weight is 633 g/mol. The quantitative estimate of drug-likeness (QED) is 0.129. The predicted octanol–water partition coefficient (Wildman–Crippen LogP) is 6.61. The van der Waals surface area contributed by atoms with Gasteiger partial charge in [-0.15, -0.1) is 0 Å². The number of phenols is 1. The summed E-state index contributed by atoms with van der Waals surface area (Å²) in [6.07, 6.45) is 2.47. The zero-order chi connectivity index (χ0) is 32.8. The highest BCUT2D eigenvalue weighted by Crippen LogP contribution is 2.41. The number of aryl methyl sites for hydroxylation is 1. The summed E-state index contributed by atoms with van der Waals surface area (Å²) < 4.78 is 36.4. The number of phenolic OH excluding ortho intramolecular Hbond substituents is 1. The molecule has 1 aliphatic carbocycles. The number of anilines is 2. The Hall–Kier alpha value is -4.97. The van der Waals surface area contributed by atoms with Gasteiger partial charge in [0.1, 0.15) is 23.0 Å². The number of aromatic hydroxyl groups is 1. The van der Waals surface area contributed by atoms with Crippen LogP contribution in [0.3, 0.4) is 0 Å². The van der Waals surface area contributed by atoms with E-state index in [1.165, 1.54) is 42.6 Å². The molecule has 0 aliphatic heterocycles. The lowest BCUT2D eigenvalue weighted by molar-refractivity contribution is -0.159. The first-order valence-electron chi connectivity index (χ1n) is 14.8. The third-order valence-corrected chi connectivity index (χ3v) is 8.19. The van der Waals surface area contributed by atoms with Gasteiger partial charge in [-0.05, 0) is 112 Å². The molecule has 0 radical (unpaired) electrons. The number of esters is 2. The van der Waals surface area contributed by atoms with E-state index in [0.717, 1.165) is 5.56 Å². The van der Waals surface area contributed by atoms with Crippen molar-refractivity contribution in [2.75, 3.05) is 12.1 Å². The summed E-state index contributed by atoms with van der Waals surface area (Å²) >= 11 is 0. The number of nitrogens with zero attached hydrogens (tertiary/aromatic N) is 3. The summed E-state index contributed by atoms with van der Waals surface area (Å²) in [6, 6.07) is 15.3. The van der Waals surface area contributed by atoms with Gasteiger partial charge in [-0.25, -0.2) is 23.5 Å². The van der Waals surface area contributed by atoms with Crippen LogP contribution in [0.2, 0.25) is 0 Å². The van der Waals surface area contributed by atoms with Crippen LogP contribution < -0.4 is 5.32 Å². The summed E-state index contributed by atoms with van der Waals surface area (Å²) in [4.78, 5) is 37.9. The molecule has 12 heteroatoms. The van der Waals surface area contributed by atoms with Gasteiger partial charge in [-0.2, -0.15) is 0 Å². The van der Waals surface area contributed by atoms with E-state index < -0.39 is 30.8 Å². The zero-order valence-corrected chi connectivity index (χ0v) is 25.3. The molecule has 0 spiro atoms. The molecule has 0 unspecified atom stereocenters. The smallest absolute Gasteiger partial charge is 0.341 e. The SMILES string of the molecule is Cc1cc(Nc2cc(C(F)F)ccn2)nc(-c2ccc([C@](C)(O)C3CCC(C(=O)OCOC(=O)c4ccc(O)cc4)CC3)nc2)c1. The summed E-state index contributed by atoms with van der Waals surface area (Å²) in [6.45, 7) is 3.10. The molecule has 240 valence electrons. The van der Waals surface area contributed by atoms with Gasteiger partial charge in [0.15, 0.2) is 0 Å². The Balaban J connectivity index is 1.16. The van der Waals surface area contributed by atoms with Gasteiger partial charge in [0.25, 0.3) is 6.43 Å². The highest BCUT2D eigenvalue weighted by molar-refractivity contribution is 5.89. The maximum atomic E-state index is 13.1. The van der Waals surface area contributed by atoms with Crippen LogP contribution in [0.15, 0.2) is 73.1 Å². The molecule has 3 heterocycles. The highest BCUT2D eigenvalue weighted by atomic mass is 19.3. The topological polar surface area (TPSA) is 144 Å². The van der Waals surface area contributed by atoms with Crippen LogP contribution in [0.5, 0.6) is 5.75 Å². The first-order chi connectivity index (χ1) is 22.0. The summed E-state index contributed by atoms with van der Waals surface area (Å²) in [5, 5.41) is 23.8. The molecule has 0 saturated heterocycles. The second-order valence-corrected chi connectivity index (χ2v) is 11.5. The first-order valence-corrected chi connectivity index (χ1v) is 14.8. The average Bonchev–Trinajstić information content (AvgIpc) is 3.05. The van der Waals surface area contributed by atoms with Crippen LogP contribution in [0.25, 0.3) is 11.3 Å². The zero-order valence-electron chi connectivity index (χ0n) is 25.3. The molecular formula is C34H34F2N4O6. The number of benzene rings is 1. The van der Waals surface area contributed by atoms with Gasteiger partial charge in [-0.3, -0.25) is 9.78 Å². The second kappa shape index (κ2) is 14.0.